The number of aromatic nitrogens is 1. The van der Waals surface area contributed by atoms with E-state index >= 15 is 0 Å². The van der Waals surface area contributed by atoms with Gasteiger partial charge in [-0.3, -0.25) is 4.98 Å². The van der Waals surface area contributed by atoms with Crippen LogP contribution in [0.1, 0.15) is 25.5 Å². The van der Waals surface area contributed by atoms with Gasteiger partial charge in [-0.2, -0.15) is 0 Å². The molecule has 0 aromatic carbocycles. The zero-order valence-corrected chi connectivity index (χ0v) is 13.8. The number of nitrogens with zero attached hydrogens (tertiary/aromatic N) is 2. The molecule has 7 heteroatoms. The molecule has 2 heterocycles. The van der Waals surface area contributed by atoms with E-state index in [1.54, 1.807) is 10.5 Å². The first-order chi connectivity index (χ1) is 9.83. The van der Waals surface area contributed by atoms with Gasteiger partial charge in [-0.1, -0.05) is 25.2 Å². The van der Waals surface area contributed by atoms with Crippen molar-refractivity contribution in [3.8, 4) is 0 Å². The Bertz CT molecular complexity index is 594. The average molecular weight is 327 g/mol. The second kappa shape index (κ2) is 6.37. The largest absolute Gasteiger partial charge is 0.393 e. The molecule has 0 saturated carbocycles. The lowest BCUT2D eigenvalue weighted by Crippen LogP contribution is -2.47. The van der Waals surface area contributed by atoms with Gasteiger partial charge in [0, 0.05) is 36.8 Å². The standard InChI is InChI=1S/C14H21N3O2S2/c1-14(13(15)20)6-9-17(10-7-14)21(18,19)11-5-12-4-2-3-8-16-12/h2-4,8H,5-7,9-11H2,1H3,(H2,15,20). The highest BCUT2D eigenvalue weighted by molar-refractivity contribution is 7.89. The molecule has 5 nitrogen and oxygen atoms in total. The van der Waals surface area contributed by atoms with Crippen molar-refractivity contribution in [3.63, 3.8) is 0 Å². The zero-order chi connectivity index (χ0) is 15.5. The molecule has 0 atom stereocenters. The summed E-state index contributed by atoms with van der Waals surface area (Å²) in [5.41, 5.74) is 6.32. The molecule has 2 N–H and O–H groups in total. The van der Waals surface area contributed by atoms with Crippen molar-refractivity contribution in [2.45, 2.75) is 26.2 Å². The highest BCUT2D eigenvalue weighted by Crippen LogP contribution is 2.32. The number of hydrogen-bond donors (Lipinski definition) is 1. The molecular weight excluding hydrogens is 306 g/mol. The zero-order valence-electron chi connectivity index (χ0n) is 12.2. The fourth-order valence-corrected chi connectivity index (χ4v) is 4.08. The molecule has 0 bridgehead atoms. The molecule has 21 heavy (non-hydrogen) atoms. The molecule has 0 aliphatic carbocycles. The van der Waals surface area contributed by atoms with Gasteiger partial charge in [-0.05, 0) is 25.0 Å². The minimum Gasteiger partial charge on any atom is -0.393 e. The lowest BCUT2D eigenvalue weighted by atomic mass is 9.81. The maximum Gasteiger partial charge on any atom is 0.214 e. The Hall–Kier alpha value is -1.05. The second-order valence-corrected chi connectivity index (χ2v) is 8.24. The summed E-state index contributed by atoms with van der Waals surface area (Å²) in [7, 11) is -3.25. The Morgan fingerprint density at radius 2 is 2.10 bits per heavy atom. The molecule has 0 spiro atoms. The summed E-state index contributed by atoms with van der Waals surface area (Å²) in [6.07, 6.45) is 3.49. The van der Waals surface area contributed by atoms with Gasteiger partial charge in [0.05, 0.1) is 10.7 Å². The lowest BCUT2D eigenvalue weighted by Gasteiger charge is -2.37. The van der Waals surface area contributed by atoms with Gasteiger partial charge >= 0.3 is 0 Å². The first-order valence-corrected chi connectivity index (χ1v) is 9.03. The first-order valence-electron chi connectivity index (χ1n) is 7.01. The van der Waals surface area contributed by atoms with Gasteiger partial charge in [-0.25, -0.2) is 12.7 Å². The molecular formula is C14H21N3O2S2. The second-order valence-electron chi connectivity index (χ2n) is 5.71. The Morgan fingerprint density at radius 1 is 1.43 bits per heavy atom. The number of thiocarbonyl (C=S) groups is 1. The maximum atomic E-state index is 12.4. The molecule has 2 rings (SSSR count). The van der Waals surface area contributed by atoms with Crippen LogP contribution in [0.15, 0.2) is 24.4 Å². The summed E-state index contributed by atoms with van der Waals surface area (Å²) in [6, 6.07) is 5.53. The van der Waals surface area contributed by atoms with Crippen LogP contribution in [0.4, 0.5) is 0 Å². The van der Waals surface area contributed by atoms with Crippen LogP contribution >= 0.6 is 12.2 Å². The molecule has 1 aliphatic heterocycles. The number of sulfonamides is 1. The number of hydrogen-bond acceptors (Lipinski definition) is 4. The van der Waals surface area contributed by atoms with E-state index < -0.39 is 10.0 Å². The summed E-state index contributed by atoms with van der Waals surface area (Å²) in [6.45, 7) is 2.98. The third-order valence-corrected chi connectivity index (χ3v) is 6.52. The predicted octanol–water partition coefficient (Wildman–Crippen LogP) is 1.34. The maximum absolute atomic E-state index is 12.4. The van der Waals surface area contributed by atoms with E-state index in [2.05, 4.69) is 4.98 Å². The number of aryl methyl sites for hydroxylation is 1. The van der Waals surface area contributed by atoms with Crippen molar-refractivity contribution in [1.29, 1.82) is 0 Å². The SMILES string of the molecule is CC1(C(N)=S)CCN(S(=O)(=O)CCc2ccccn2)CC1. The van der Waals surface area contributed by atoms with Crippen LogP contribution in [0, 0.1) is 5.41 Å². The van der Waals surface area contributed by atoms with Gasteiger partial charge in [0.15, 0.2) is 0 Å². The highest BCUT2D eigenvalue weighted by Gasteiger charge is 2.36. The number of nitrogens with two attached hydrogens (primary N) is 1. The first kappa shape index (κ1) is 16.3. The van der Waals surface area contributed by atoms with E-state index in [9.17, 15) is 8.42 Å². The van der Waals surface area contributed by atoms with E-state index in [4.69, 9.17) is 18.0 Å². The number of rotatable bonds is 5. The van der Waals surface area contributed by atoms with Crippen molar-refractivity contribution >= 4 is 27.2 Å². The summed E-state index contributed by atoms with van der Waals surface area (Å²) in [5.74, 6) is 0.0911. The van der Waals surface area contributed by atoms with Crippen molar-refractivity contribution in [1.82, 2.24) is 9.29 Å². The highest BCUT2D eigenvalue weighted by atomic mass is 32.2. The van der Waals surface area contributed by atoms with Crippen molar-refractivity contribution in [3.05, 3.63) is 30.1 Å². The summed E-state index contributed by atoms with van der Waals surface area (Å²) in [5, 5.41) is 0. The van der Waals surface area contributed by atoms with Crippen LogP contribution in [0.25, 0.3) is 0 Å². The van der Waals surface area contributed by atoms with Gasteiger partial charge in [0.1, 0.15) is 0 Å². The minimum absolute atomic E-state index is 0.0911. The predicted molar refractivity (Wildman–Crippen MR) is 87.4 cm³/mol. The van der Waals surface area contributed by atoms with Gasteiger partial charge in [0.25, 0.3) is 0 Å². The number of pyridine rings is 1. The quantitative estimate of drug-likeness (QED) is 0.826. The molecule has 1 aromatic rings. The summed E-state index contributed by atoms with van der Waals surface area (Å²) >= 11 is 5.08. The molecule has 0 amide bonds. The Labute approximate surface area is 131 Å². The van der Waals surface area contributed by atoms with Crippen LogP contribution in [-0.2, 0) is 16.4 Å². The third kappa shape index (κ3) is 3.99. The van der Waals surface area contributed by atoms with Gasteiger partial charge in [-0.15, -0.1) is 0 Å². The van der Waals surface area contributed by atoms with E-state index in [0.29, 0.717) is 37.3 Å². The average Bonchev–Trinajstić information content (AvgIpc) is 2.47. The van der Waals surface area contributed by atoms with Crippen LogP contribution in [0.2, 0.25) is 0 Å². The normalized spacial score (nSPS) is 19.3. The van der Waals surface area contributed by atoms with Crippen molar-refractivity contribution in [2.75, 3.05) is 18.8 Å². The molecule has 1 aliphatic rings. The van der Waals surface area contributed by atoms with E-state index in [-0.39, 0.29) is 11.2 Å². The van der Waals surface area contributed by atoms with E-state index in [1.165, 1.54) is 0 Å². The van der Waals surface area contributed by atoms with Gasteiger partial charge < -0.3 is 5.73 Å². The Balaban J connectivity index is 1.94. The molecule has 1 fully saturated rings. The molecule has 1 aromatic heterocycles. The van der Waals surface area contributed by atoms with Crippen LogP contribution < -0.4 is 5.73 Å². The Morgan fingerprint density at radius 3 is 2.62 bits per heavy atom. The topological polar surface area (TPSA) is 76.3 Å². The van der Waals surface area contributed by atoms with Crippen LogP contribution in [0.3, 0.4) is 0 Å². The van der Waals surface area contributed by atoms with Gasteiger partial charge in [0.2, 0.25) is 10.0 Å². The fourth-order valence-electron chi connectivity index (χ4n) is 2.41. The Kier molecular flexibility index (Phi) is 4.95. The van der Waals surface area contributed by atoms with Crippen LogP contribution in [0.5, 0.6) is 0 Å². The van der Waals surface area contributed by atoms with Crippen LogP contribution in [-0.4, -0.2) is 41.5 Å². The molecule has 0 radical (unpaired) electrons. The third-order valence-electron chi connectivity index (χ3n) is 4.16. The van der Waals surface area contributed by atoms with E-state index in [1.807, 2.05) is 25.1 Å². The lowest BCUT2D eigenvalue weighted by molar-refractivity contribution is 0.244. The minimum atomic E-state index is -3.25. The molecule has 0 unspecified atom stereocenters. The smallest absolute Gasteiger partial charge is 0.214 e. The summed E-state index contributed by atoms with van der Waals surface area (Å²) in [4.78, 5) is 4.64. The van der Waals surface area contributed by atoms with Crippen molar-refractivity contribution in [2.24, 2.45) is 11.1 Å². The summed E-state index contributed by atoms with van der Waals surface area (Å²) < 4.78 is 26.3. The van der Waals surface area contributed by atoms with E-state index in [0.717, 1.165) is 5.69 Å². The monoisotopic (exact) mass is 327 g/mol. The molecule has 116 valence electrons. The molecule has 1 saturated heterocycles. The fraction of sp³-hybridized carbons (Fsp3) is 0.571. The van der Waals surface area contributed by atoms with Crippen molar-refractivity contribution < 1.29 is 8.42 Å². The number of piperidine rings is 1.